The molecule has 0 unspecified atom stereocenters. The Morgan fingerprint density at radius 3 is 2.17 bits per heavy atom. The van der Waals surface area contributed by atoms with Gasteiger partial charge in [0.05, 0.1) is 11.8 Å². The quantitative estimate of drug-likeness (QED) is 0.840. The minimum absolute atomic E-state index is 0.133. The number of ether oxygens (including phenoxy) is 1. The molecule has 3 nitrogen and oxygen atoms in total. The molecule has 0 saturated heterocycles. The Bertz CT molecular complexity index is 536. The highest BCUT2D eigenvalue weighted by molar-refractivity contribution is 5.59. The third-order valence-electron chi connectivity index (χ3n) is 2.89. The fourth-order valence-electron chi connectivity index (χ4n) is 2.11. The van der Waals surface area contributed by atoms with Gasteiger partial charge in [0, 0.05) is 17.1 Å². The molecular weight excluding hydrogens is 224 g/mol. The molecule has 3 heteroatoms. The van der Waals surface area contributed by atoms with Crippen molar-refractivity contribution in [2.24, 2.45) is 0 Å². The standard InChI is InChI=1S/C15H20N2O/c1-10(2)18-15-8-7-13(9-14(15)16)17-11(3)5-6-12(17)4/h5-10H,16H2,1-4H3. The lowest BCUT2D eigenvalue weighted by Gasteiger charge is -2.15. The minimum atomic E-state index is 0.133. The molecule has 1 heterocycles. The number of nitrogens with zero attached hydrogens (tertiary/aromatic N) is 1. The highest BCUT2D eigenvalue weighted by Gasteiger charge is 2.08. The van der Waals surface area contributed by atoms with Gasteiger partial charge in [0.2, 0.25) is 0 Å². The average molecular weight is 244 g/mol. The number of hydrogen-bond donors (Lipinski definition) is 1. The summed E-state index contributed by atoms with van der Waals surface area (Å²) in [7, 11) is 0. The molecule has 0 saturated carbocycles. The number of rotatable bonds is 3. The van der Waals surface area contributed by atoms with Gasteiger partial charge in [0.1, 0.15) is 5.75 Å². The maximum Gasteiger partial charge on any atom is 0.142 e. The number of aryl methyl sites for hydroxylation is 2. The van der Waals surface area contributed by atoms with Crippen molar-refractivity contribution in [2.75, 3.05) is 5.73 Å². The second-order valence-corrected chi connectivity index (χ2v) is 4.84. The van der Waals surface area contributed by atoms with Crippen LogP contribution in [0.15, 0.2) is 30.3 Å². The predicted molar refractivity (Wildman–Crippen MR) is 75.4 cm³/mol. The minimum Gasteiger partial charge on any atom is -0.489 e. The Labute approximate surface area is 108 Å². The fourth-order valence-corrected chi connectivity index (χ4v) is 2.11. The van der Waals surface area contributed by atoms with Gasteiger partial charge in [0.25, 0.3) is 0 Å². The van der Waals surface area contributed by atoms with Gasteiger partial charge in [-0.05, 0) is 58.0 Å². The summed E-state index contributed by atoms with van der Waals surface area (Å²) in [5.74, 6) is 0.746. The Kier molecular flexibility index (Phi) is 3.32. The van der Waals surface area contributed by atoms with Gasteiger partial charge in [-0.1, -0.05) is 0 Å². The van der Waals surface area contributed by atoms with E-state index < -0.39 is 0 Å². The second kappa shape index (κ2) is 4.77. The maximum absolute atomic E-state index is 6.04. The number of nitrogen functional groups attached to an aromatic ring is 1. The molecular formula is C15H20N2O. The van der Waals surface area contributed by atoms with Gasteiger partial charge < -0.3 is 15.0 Å². The molecule has 0 radical (unpaired) electrons. The monoisotopic (exact) mass is 244 g/mol. The molecule has 0 aliphatic heterocycles. The molecule has 1 aromatic heterocycles. The first-order valence-corrected chi connectivity index (χ1v) is 6.20. The van der Waals surface area contributed by atoms with Crippen LogP contribution in [0.1, 0.15) is 25.2 Å². The smallest absolute Gasteiger partial charge is 0.142 e. The summed E-state index contributed by atoms with van der Waals surface area (Å²) in [4.78, 5) is 0. The SMILES string of the molecule is Cc1ccc(C)n1-c1ccc(OC(C)C)c(N)c1. The van der Waals surface area contributed by atoms with Crippen LogP contribution < -0.4 is 10.5 Å². The molecule has 0 bridgehead atoms. The van der Waals surface area contributed by atoms with Crippen LogP contribution in [-0.4, -0.2) is 10.7 Å². The summed E-state index contributed by atoms with van der Waals surface area (Å²) in [5, 5.41) is 0. The van der Waals surface area contributed by atoms with Crippen LogP contribution in [-0.2, 0) is 0 Å². The fraction of sp³-hybridized carbons (Fsp3) is 0.333. The molecule has 0 aliphatic carbocycles. The van der Waals surface area contributed by atoms with Crippen molar-refractivity contribution in [3.63, 3.8) is 0 Å². The molecule has 2 N–H and O–H groups in total. The van der Waals surface area contributed by atoms with Crippen molar-refractivity contribution >= 4 is 5.69 Å². The van der Waals surface area contributed by atoms with Crippen molar-refractivity contribution in [2.45, 2.75) is 33.8 Å². The van der Waals surface area contributed by atoms with E-state index in [9.17, 15) is 0 Å². The van der Waals surface area contributed by atoms with E-state index in [-0.39, 0.29) is 6.10 Å². The molecule has 0 aliphatic rings. The average Bonchev–Trinajstić information content (AvgIpc) is 2.61. The van der Waals surface area contributed by atoms with Crippen LogP contribution in [0, 0.1) is 13.8 Å². The number of hydrogen-bond acceptors (Lipinski definition) is 2. The van der Waals surface area contributed by atoms with Crippen molar-refractivity contribution in [3.8, 4) is 11.4 Å². The summed E-state index contributed by atoms with van der Waals surface area (Å²) < 4.78 is 7.82. The summed E-state index contributed by atoms with van der Waals surface area (Å²) in [6.45, 7) is 8.16. The zero-order chi connectivity index (χ0) is 13.3. The van der Waals surface area contributed by atoms with Crippen molar-refractivity contribution in [1.29, 1.82) is 0 Å². The van der Waals surface area contributed by atoms with E-state index in [2.05, 4.69) is 30.5 Å². The van der Waals surface area contributed by atoms with Gasteiger partial charge in [-0.25, -0.2) is 0 Å². The largest absolute Gasteiger partial charge is 0.489 e. The van der Waals surface area contributed by atoms with Crippen LogP contribution >= 0.6 is 0 Å². The first kappa shape index (κ1) is 12.6. The van der Waals surface area contributed by atoms with Crippen molar-refractivity contribution in [1.82, 2.24) is 4.57 Å². The normalized spacial score (nSPS) is 10.9. The van der Waals surface area contributed by atoms with E-state index in [0.29, 0.717) is 5.69 Å². The Morgan fingerprint density at radius 2 is 1.67 bits per heavy atom. The zero-order valence-electron chi connectivity index (χ0n) is 11.4. The lowest BCUT2D eigenvalue weighted by Crippen LogP contribution is -2.08. The number of benzene rings is 1. The molecule has 2 rings (SSSR count). The van der Waals surface area contributed by atoms with Gasteiger partial charge in [-0.15, -0.1) is 0 Å². The molecule has 1 aromatic carbocycles. The lowest BCUT2D eigenvalue weighted by atomic mass is 10.2. The molecule has 0 spiro atoms. The van der Waals surface area contributed by atoms with Crippen LogP contribution in [0.5, 0.6) is 5.75 Å². The van der Waals surface area contributed by atoms with Crippen LogP contribution in [0.3, 0.4) is 0 Å². The van der Waals surface area contributed by atoms with Crippen LogP contribution in [0.4, 0.5) is 5.69 Å². The first-order chi connectivity index (χ1) is 8.49. The van der Waals surface area contributed by atoms with Crippen molar-refractivity contribution in [3.05, 3.63) is 41.7 Å². The van der Waals surface area contributed by atoms with Gasteiger partial charge in [0.15, 0.2) is 0 Å². The number of nitrogens with two attached hydrogens (primary N) is 1. The Morgan fingerprint density at radius 1 is 1.06 bits per heavy atom. The highest BCUT2D eigenvalue weighted by Crippen LogP contribution is 2.27. The molecule has 2 aromatic rings. The van der Waals surface area contributed by atoms with Crippen LogP contribution in [0.2, 0.25) is 0 Å². The summed E-state index contributed by atoms with van der Waals surface area (Å²) >= 11 is 0. The van der Waals surface area contributed by atoms with Crippen molar-refractivity contribution < 1.29 is 4.74 Å². The number of aromatic nitrogens is 1. The van der Waals surface area contributed by atoms with Gasteiger partial charge in [-0.3, -0.25) is 0 Å². The zero-order valence-corrected chi connectivity index (χ0v) is 11.4. The third kappa shape index (κ3) is 2.35. The summed E-state index contributed by atoms with van der Waals surface area (Å²) in [6, 6.07) is 10.1. The molecule has 0 atom stereocenters. The topological polar surface area (TPSA) is 40.2 Å². The van der Waals surface area contributed by atoms with E-state index >= 15 is 0 Å². The van der Waals surface area contributed by atoms with E-state index in [4.69, 9.17) is 10.5 Å². The van der Waals surface area contributed by atoms with E-state index in [1.807, 2.05) is 32.0 Å². The second-order valence-electron chi connectivity index (χ2n) is 4.84. The van der Waals surface area contributed by atoms with E-state index in [0.717, 1.165) is 11.4 Å². The first-order valence-electron chi connectivity index (χ1n) is 6.20. The molecule has 0 amide bonds. The third-order valence-corrected chi connectivity index (χ3v) is 2.89. The Hall–Kier alpha value is -1.90. The maximum atomic E-state index is 6.04. The predicted octanol–water partition coefficient (Wildman–Crippen LogP) is 3.46. The lowest BCUT2D eigenvalue weighted by molar-refractivity contribution is 0.244. The highest BCUT2D eigenvalue weighted by atomic mass is 16.5. The number of anilines is 1. The van der Waals surface area contributed by atoms with E-state index in [1.54, 1.807) is 0 Å². The summed E-state index contributed by atoms with van der Waals surface area (Å²) in [5.41, 5.74) is 10.2. The Balaban J connectivity index is 2.40. The van der Waals surface area contributed by atoms with Gasteiger partial charge >= 0.3 is 0 Å². The van der Waals surface area contributed by atoms with Gasteiger partial charge in [-0.2, -0.15) is 0 Å². The molecule has 96 valence electrons. The van der Waals surface area contributed by atoms with E-state index in [1.165, 1.54) is 11.4 Å². The molecule has 0 fully saturated rings. The molecule has 18 heavy (non-hydrogen) atoms. The summed E-state index contributed by atoms with van der Waals surface area (Å²) in [6.07, 6.45) is 0.133. The van der Waals surface area contributed by atoms with Crippen LogP contribution in [0.25, 0.3) is 5.69 Å².